The molecule has 1 unspecified atom stereocenters. The molecule has 0 aliphatic heterocycles. The van der Waals surface area contributed by atoms with Crippen molar-refractivity contribution in [2.45, 2.75) is 45.1 Å². The molecule has 0 radical (unpaired) electrons. The molecule has 4 heteroatoms. The molecule has 0 saturated heterocycles. The summed E-state index contributed by atoms with van der Waals surface area (Å²) in [7, 11) is 3.68. The zero-order chi connectivity index (χ0) is 12.4. The predicted octanol–water partition coefficient (Wildman–Crippen LogP) is 2.78. The molecule has 2 nitrogen and oxygen atoms in total. The number of ether oxygens (including phenoxy) is 1. The first-order chi connectivity index (χ1) is 7.29. The summed E-state index contributed by atoms with van der Waals surface area (Å²) in [5, 5.41) is 0. The first-order valence-corrected chi connectivity index (χ1v) is 5.93. The molecule has 1 rings (SSSR count). The summed E-state index contributed by atoms with van der Waals surface area (Å²) >= 11 is 0. The first-order valence-electron chi connectivity index (χ1n) is 5.93. The van der Waals surface area contributed by atoms with Gasteiger partial charge in [0.05, 0.1) is 18.1 Å². The van der Waals surface area contributed by atoms with Gasteiger partial charge in [-0.05, 0) is 40.8 Å². The van der Waals surface area contributed by atoms with Crippen LogP contribution in [0.4, 0.5) is 8.78 Å². The standard InChI is InChI=1S/C12H23F2NO/c1-10(2)16-9-11(8-15(3)4)6-5-7-12(11,13)14/h10H,5-9H2,1-4H3. The Hall–Kier alpha value is -0.220. The minimum atomic E-state index is -2.59. The molecule has 0 N–H and O–H groups in total. The molecular formula is C12H23F2NO. The summed E-state index contributed by atoms with van der Waals surface area (Å²) in [6.45, 7) is 4.33. The SMILES string of the molecule is CC(C)OCC1(CN(C)C)CCCC1(F)F. The maximum absolute atomic E-state index is 14.0. The average molecular weight is 235 g/mol. The number of hydrogen-bond acceptors (Lipinski definition) is 2. The summed E-state index contributed by atoms with van der Waals surface area (Å²) < 4.78 is 33.4. The third-order valence-electron chi connectivity index (χ3n) is 3.23. The van der Waals surface area contributed by atoms with Gasteiger partial charge in [-0.1, -0.05) is 0 Å². The Kier molecular flexibility index (Phi) is 4.29. The van der Waals surface area contributed by atoms with Gasteiger partial charge in [0, 0.05) is 13.0 Å². The minimum absolute atomic E-state index is 0.00228. The van der Waals surface area contributed by atoms with Crippen molar-refractivity contribution >= 4 is 0 Å². The normalized spacial score (nSPS) is 29.2. The van der Waals surface area contributed by atoms with Gasteiger partial charge in [-0.15, -0.1) is 0 Å². The second-order valence-corrected chi connectivity index (χ2v) is 5.44. The van der Waals surface area contributed by atoms with Crippen LogP contribution in [0.2, 0.25) is 0 Å². The van der Waals surface area contributed by atoms with Crippen LogP contribution in [0.5, 0.6) is 0 Å². The molecule has 0 heterocycles. The average Bonchev–Trinajstić information content (AvgIpc) is 2.38. The summed E-state index contributed by atoms with van der Waals surface area (Å²) in [6, 6.07) is 0. The van der Waals surface area contributed by atoms with Crippen LogP contribution in [0.3, 0.4) is 0 Å². The Morgan fingerprint density at radius 2 is 1.88 bits per heavy atom. The number of halogens is 2. The quantitative estimate of drug-likeness (QED) is 0.726. The Labute approximate surface area is 97.0 Å². The van der Waals surface area contributed by atoms with E-state index in [0.29, 0.717) is 19.4 Å². The molecule has 96 valence electrons. The lowest BCUT2D eigenvalue weighted by atomic mass is 9.83. The van der Waals surface area contributed by atoms with Gasteiger partial charge in [-0.25, -0.2) is 8.78 Å². The van der Waals surface area contributed by atoms with Crippen LogP contribution < -0.4 is 0 Å². The van der Waals surface area contributed by atoms with E-state index in [2.05, 4.69) is 0 Å². The van der Waals surface area contributed by atoms with Gasteiger partial charge >= 0.3 is 0 Å². The van der Waals surface area contributed by atoms with Crippen LogP contribution >= 0.6 is 0 Å². The van der Waals surface area contributed by atoms with Gasteiger partial charge in [0.15, 0.2) is 0 Å². The summed E-state index contributed by atoms with van der Waals surface area (Å²) in [4.78, 5) is 1.84. The molecule has 0 bridgehead atoms. The van der Waals surface area contributed by atoms with Crippen molar-refractivity contribution in [3.05, 3.63) is 0 Å². The van der Waals surface area contributed by atoms with E-state index in [1.165, 1.54) is 0 Å². The van der Waals surface area contributed by atoms with E-state index < -0.39 is 11.3 Å². The highest BCUT2D eigenvalue weighted by Crippen LogP contribution is 2.50. The Morgan fingerprint density at radius 3 is 2.25 bits per heavy atom. The van der Waals surface area contributed by atoms with Crippen LogP contribution in [-0.4, -0.2) is 44.2 Å². The van der Waals surface area contributed by atoms with Crippen LogP contribution in [0.25, 0.3) is 0 Å². The summed E-state index contributed by atoms with van der Waals surface area (Å²) in [5.74, 6) is -2.59. The van der Waals surface area contributed by atoms with Crippen molar-refractivity contribution in [2.24, 2.45) is 5.41 Å². The highest BCUT2D eigenvalue weighted by atomic mass is 19.3. The molecule has 1 aliphatic rings. The van der Waals surface area contributed by atoms with Crippen LogP contribution in [-0.2, 0) is 4.74 Å². The minimum Gasteiger partial charge on any atom is -0.378 e. The first kappa shape index (κ1) is 13.8. The largest absolute Gasteiger partial charge is 0.378 e. The number of alkyl halides is 2. The fourth-order valence-corrected chi connectivity index (χ4v) is 2.45. The van der Waals surface area contributed by atoms with Crippen molar-refractivity contribution in [1.29, 1.82) is 0 Å². The fraction of sp³-hybridized carbons (Fsp3) is 1.00. The molecule has 1 saturated carbocycles. The van der Waals surface area contributed by atoms with Crippen LogP contribution in [0.15, 0.2) is 0 Å². The van der Waals surface area contributed by atoms with E-state index in [1.54, 1.807) is 0 Å². The van der Waals surface area contributed by atoms with E-state index in [9.17, 15) is 8.78 Å². The number of rotatable bonds is 5. The molecule has 1 fully saturated rings. The molecule has 0 aromatic carbocycles. The lowest BCUT2D eigenvalue weighted by Crippen LogP contribution is -2.48. The Bertz CT molecular complexity index is 231. The van der Waals surface area contributed by atoms with Crippen molar-refractivity contribution in [3.63, 3.8) is 0 Å². The van der Waals surface area contributed by atoms with Crippen molar-refractivity contribution in [3.8, 4) is 0 Å². The molecule has 0 aromatic rings. The smallest absolute Gasteiger partial charge is 0.257 e. The number of hydrogen-bond donors (Lipinski definition) is 0. The maximum Gasteiger partial charge on any atom is 0.257 e. The molecule has 1 atom stereocenters. The van der Waals surface area contributed by atoms with Crippen molar-refractivity contribution in [2.75, 3.05) is 27.2 Å². The molecule has 16 heavy (non-hydrogen) atoms. The lowest BCUT2D eigenvalue weighted by molar-refractivity contribution is -0.146. The molecule has 0 aromatic heterocycles. The second kappa shape index (κ2) is 4.96. The van der Waals surface area contributed by atoms with Gasteiger partial charge in [0.25, 0.3) is 5.92 Å². The van der Waals surface area contributed by atoms with Gasteiger partial charge in [0.2, 0.25) is 0 Å². The van der Waals surface area contributed by atoms with Gasteiger partial charge < -0.3 is 9.64 Å². The van der Waals surface area contributed by atoms with E-state index >= 15 is 0 Å². The second-order valence-electron chi connectivity index (χ2n) is 5.44. The third kappa shape index (κ3) is 2.92. The van der Waals surface area contributed by atoms with Crippen molar-refractivity contribution < 1.29 is 13.5 Å². The zero-order valence-electron chi connectivity index (χ0n) is 10.7. The monoisotopic (exact) mass is 235 g/mol. The fourth-order valence-electron chi connectivity index (χ4n) is 2.45. The molecule has 0 amide bonds. The summed E-state index contributed by atoms with van der Waals surface area (Å²) in [5.41, 5.74) is -0.985. The van der Waals surface area contributed by atoms with Crippen molar-refractivity contribution in [1.82, 2.24) is 4.90 Å². The van der Waals surface area contributed by atoms with E-state index in [0.717, 1.165) is 0 Å². The van der Waals surface area contributed by atoms with Crippen LogP contribution in [0.1, 0.15) is 33.1 Å². The van der Waals surface area contributed by atoms with E-state index in [1.807, 2.05) is 32.8 Å². The topological polar surface area (TPSA) is 12.5 Å². The highest BCUT2D eigenvalue weighted by molar-refractivity contribution is 4.99. The molecular weight excluding hydrogens is 212 g/mol. The molecule has 0 spiro atoms. The highest BCUT2D eigenvalue weighted by Gasteiger charge is 2.57. The number of nitrogens with zero attached hydrogens (tertiary/aromatic N) is 1. The van der Waals surface area contributed by atoms with Gasteiger partial charge in [-0.3, -0.25) is 0 Å². The molecule has 1 aliphatic carbocycles. The Morgan fingerprint density at radius 1 is 1.25 bits per heavy atom. The lowest BCUT2D eigenvalue weighted by Gasteiger charge is -2.37. The zero-order valence-corrected chi connectivity index (χ0v) is 10.7. The maximum atomic E-state index is 14.0. The Balaban J connectivity index is 2.76. The van der Waals surface area contributed by atoms with E-state index in [-0.39, 0.29) is 19.1 Å². The summed E-state index contributed by atoms with van der Waals surface area (Å²) in [6.07, 6.45) is 1.17. The van der Waals surface area contributed by atoms with Crippen LogP contribution in [0, 0.1) is 5.41 Å². The van der Waals surface area contributed by atoms with E-state index in [4.69, 9.17) is 4.74 Å². The van der Waals surface area contributed by atoms with Gasteiger partial charge in [0.1, 0.15) is 0 Å². The third-order valence-corrected chi connectivity index (χ3v) is 3.23. The predicted molar refractivity (Wildman–Crippen MR) is 60.9 cm³/mol. The van der Waals surface area contributed by atoms with Gasteiger partial charge in [-0.2, -0.15) is 0 Å².